The van der Waals surface area contributed by atoms with Crippen LogP contribution in [0.15, 0.2) is 57.9 Å². The summed E-state index contributed by atoms with van der Waals surface area (Å²) in [4.78, 5) is 0.0756. The fourth-order valence-corrected chi connectivity index (χ4v) is 2.03. The molecule has 4 N–H and O–H groups in total. The number of rotatable bonds is 1. The van der Waals surface area contributed by atoms with Gasteiger partial charge in [-0.15, -0.1) is 0 Å². The average Bonchev–Trinajstić information content (AvgIpc) is 2.33. The number of anilines is 1. The molecule has 0 heterocycles. The first-order valence-corrected chi connectivity index (χ1v) is 7.81. The molecule has 0 unspecified atom stereocenters. The first kappa shape index (κ1) is 16.0. The fourth-order valence-electron chi connectivity index (χ4n) is 1.10. The summed E-state index contributed by atoms with van der Waals surface area (Å²) in [5.41, 5.74) is 5.85. The summed E-state index contributed by atoms with van der Waals surface area (Å²) in [7, 11) is -3.58. The zero-order chi connectivity index (χ0) is 14.5. The highest BCUT2D eigenvalue weighted by atomic mass is 79.9. The molecule has 0 spiro atoms. The van der Waals surface area contributed by atoms with E-state index in [0.29, 0.717) is 5.69 Å². The van der Waals surface area contributed by atoms with Crippen LogP contribution in [0, 0.1) is 0 Å². The largest absolute Gasteiger partial charge is 0.399 e. The van der Waals surface area contributed by atoms with Crippen LogP contribution < -0.4 is 10.9 Å². The highest BCUT2D eigenvalue weighted by Gasteiger charge is 2.04. The van der Waals surface area contributed by atoms with Gasteiger partial charge in [-0.2, -0.15) is 0 Å². The Morgan fingerprint density at radius 3 is 1.89 bits per heavy atom. The normalized spacial score (nSPS) is 10.5. The summed E-state index contributed by atoms with van der Waals surface area (Å²) >= 11 is 8.93. The molecular weight excluding hydrogens is 352 g/mol. The van der Waals surface area contributed by atoms with Gasteiger partial charge in [-0.3, -0.25) is 0 Å². The Hall–Kier alpha value is -1.08. The lowest BCUT2D eigenvalue weighted by Crippen LogP contribution is -2.11. The Balaban J connectivity index is 0.000000200. The molecule has 4 nitrogen and oxygen atoms in total. The lowest BCUT2D eigenvalue weighted by molar-refractivity contribution is 0.598. The van der Waals surface area contributed by atoms with Crippen molar-refractivity contribution in [2.45, 2.75) is 4.90 Å². The smallest absolute Gasteiger partial charge is 0.238 e. The molecule has 2 aromatic carbocycles. The number of primary sulfonamides is 1. The van der Waals surface area contributed by atoms with Gasteiger partial charge in [-0.1, -0.05) is 23.7 Å². The van der Waals surface area contributed by atoms with Crippen molar-refractivity contribution in [2.75, 3.05) is 5.73 Å². The summed E-state index contributed by atoms with van der Waals surface area (Å²) in [5, 5.41) is 5.60. The first-order valence-electron chi connectivity index (χ1n) is 5.09. The number of nitrogen functional groups attached to an aromatic ring is 1. The molecular formula is C12H12BrClN2O2S. The Labute approximate surface area is 125 Å². The van der Waals surface area contributed by atoms with E-state index in [4.69, 9.17) is 22.5 Å². The number of hydrogen-bond donors (Lipinski definition) is 2. The van der Waals surface area contributed by atoms with E-state index in [1.165, 1.54) is 24.3 Å². The number of sulfonamides is 1. The van der Waals surface area contributed by atoms with E-state index in [9.17, 15) is 8.42 Å². The Bertz CT molecular complexity index is 624. The zero-order valence-corrected chi connectivity index (χ0v) is 12.9. The molecule has 0 bridgehead atoms. The summed E-state index contributed by atoms with van der Waals surface area (Å²) in [5.74, 6) is 0. The van der Waals surface area contributed by atoms with Crippen LogP contribution >= 0.6 is 27.5 Å². The highest BCUT2D eigenvalue weighted by molar-refractivity contribution is 9.10. The van der Waals surface area contributed by atoms with Crippen molar-refractivity contribution in [1.29, 1.82) is 0 Å². The number of halogens is 2. The molecule has 19 heavy (non-hydrogen) atoms. The van der Waals surface area contributed by atoms with Crippen molar-refractivity contribution in [3.05, 3.63) is 58.0 Å². The Morgan fingerprint density at radius 1 is 1.00 bits per heavy atom. The fraction of sp³-hybridized carbons (Fsp3) is 0. The van der Waals surface area contributed by atoms with Crippen molar-refractivity contribution < 1.29 is 8.42 Å². The molecule has 7 heteroatoms. The molecule has 2 rings (SSSR count). The van der Waals surface area contributed by atoms with E-state index in [-0.39, 0.29) is 4.90 Å². The van der Waals surface area contributed by atoms with E-state index in [0.717, 1.165) is 9.50 Å². The molecule has 0 saturated carbocycles. The van der Waals surface area contributed by atoms with Crippen molar-refractivity contribution in [3.63, 3.8) is 0 Å². The number of benzene rings is 2. The van der Waals surface area contributed by atoms with Crippen molar-refractivity contribution in [1.82, 2.24) is 0 Å². The van der Waals surface area contributed by atoms with Crippen molar-refractivity contribution >= 4 is 43.2 Å². The van der Waals surface area contributed by atoms with E-state index in [1.54, 1.807) is 0 Å². The van der Waals surface area contributed by atoms with E-state index < -0.39 is 10.0 Å². The van der Waals surface area contributed by atoms with Crippen LogP contribution in [-0.2, 0) is 10.0 Å². The molecule has 0 atom stereocenters. The molecule has 0 radical (unpaired) electrons. The van der Waals surface area contributed by atoms with Crippen LogP contribution in [0.25, 0.3) is 0 Å². The predicted molar refractivity (Wildman–Crippen MR) is 81.4 cm³/mol. The molecule has 0 aliphatic rings. The second-order valence-corrected chi connectivity index (χ2v) is 6.35. The molecule has 0 aliphatic heterocycles. The van der Waals surface area contributed by atoms with Gasteiger partial charge in [-0.05, 0) is 52.3 Å². The van der Waals surface area contributed by atoms with Crippen LogP contribution in [0.4, 0.5) is 5.69 Å². The van der Waals surface area contributed by atoms with Gasteiger partial charge in [0.25, 0.3) is 0 Å². The monoisotopic (exact) mass is 362 g/mol. The van der Waals surface area contributed by atoms with Gasteiger partial charge in [0.05, 0.1) is 9.92 Å². The maximum absolute atomic E-state index is 10.7. The third-order valence-electron chi connectivity index (χ3n) is 2.03. The van der Waals surface area contributed by atoms with E-state index in [1.807, 2.05) is 24.3 Å². The second kappa shape index (κ2) is 6.91. The van der Waals surface area contributed by atoms with Gasteiger partial charge in [0.1, 0.15) is 0 Å². The molecule has 0 amide bonds. The Kier molecular flexibility index (Phi) is 5.81. The van der Waals surface area contributed by atoms with Gasteiger partial charge in [0, 0.05) is 10.2 Å². The molecule has 0 saturated heterocycles. The molecule has 0 aliphatic carbocycles. The minimum atomic E-state index is -3.58. The lowest BCUT2D eigenvalue weighted by atomic mass is 10.3. The van der Waals surface area contributed by atoms with Crippen molar-refractivity contribution in [3.8, 4) is 0 Å². The van der Waals surface area contributed by atoms with Crippen LogP contribution in [0.5, 0.6) is 0 Å². The van der Waals surface area contributed by atoms with Crippen LogP contribution in [0.3, 0.4) is 0 Å². The summed E-state index contributed by atoms with van der Waals surface area (Å²) in [6.45, 7) is 0. The van der Waals surface area contributed by atoms with Gasteiger partial charge < -0.3 is 5.73 Å². The zero-order valence-electron chi connectivity index (χ0n) is 9.75. The number of nitrogens with two attached hydrogens (primary N) is 2. The molecule has 0 aromatic heterocycles. The summed E-state index contributed by atoms with van der Waals surface area (Å²) in [6, 6.07) is 13.3. The minimum absolute atomic E-state index is 0.0756. The van der Waals surface area contributed by atoms with Gasteiger partial charge in [0.2, 0.25) is 10.0 Å². The third kappa shape index (κ3) is 5.61. The lowest BCUT2D eigenvalue weighted by Gasteiger charge is -1.96. The highest BCUT2D eigenvalue weighted by Crippen LogP contribution is 2.20. The molecule has 2 aromatic rings. The maximum atomic E-state index is 10.7. The first-order chi connectivity index (χ1) is 8.80. The SMILES string of the molecule is Clc1ccccc1Br.Nc1ccc(S(N)(=O)=O)cc1. The van der Waals surface area contributed by atoms with Crippen molar-refractivity contribution in [2.24, 2.45) is 5.14 Å². The predicted octanol–water partition coefficient (Wildman–Crippen LogP) is 3.02. The van der Waals surface area contributed by atoms with Gasteiger partial charge in [0.15, 0.2) is 0 Å². The number of hydrogen-bond acceptors (Lipinski definition) is 3. The van der Waals surface area contributed by atoms with E-state index in [2.05, 4.69) is 15.9 Å². The van der Waals surface area contributed by atoms with Crippen LogP contribution in [0.1, 0.15) is 0 Å². The Morgan fingerprint density at radius 2 is 1.53 bits per heavy atom. The molecule has 102 valence electrons. The van der Waals surface area contributed by atoms with Crippen LogP contribution in [0.2, 0.25) is 5.02 Å². The molecule has 0 fully saturated rings. The summed E-state index contributed by atoms with van der Waals surface area (Å²) < 4.78 is 22.3. The summed E-state index contributed by atoms with van der Waals surface area (Å²) in [6.07, 6.45) is 0. The van der Waals surface area contributed by atoms with Gasteiger partial charge in [-0.25, -0.2) is 13.6 Å². The third-order valence-corrected chi connectivity index (χ3v) is 4.21. The average molecular weight is 364 g/mol. The maximum Gasteiger partial charge on any atom is 0.238 e. The van der Waals surface area contributed by atoms with Crippen LogP contribution in [-0.4, -0.2) is 8.42 Å². The standard InChI is InChI=1S/C6H4BrCl.C6H8N2O2S/c7-5-3-1-2-4-6(5)8;7-5-1-3-6(4-2-5)11(8,9)10/h1-4H;1-4H,7H2,(H2,8,9,10). The quantitative estimate of drug-likeness (QED) is 0.764. The minimum Gasteiger partial charge on any atom is -0.399 e. The topological polar surface area (TPSA) is 86.2 Å². The van der Waals surface area contributed by atoms with E-state index >= 15 is 0 Å². The second-order valence-electron chi connectivity index (χ2n) is 3.53. The van der Waals surface area contributed by atoms with Gasteiger partial charge >= 0.3 is 0 Å².